The molecule has 4 aromatic carbocycles. The van der Waals surface area contributed by atoms with Crippen LogP contribution >= 0.6 is 0 Å². The summed E-state index contributed by atoms with van der Waals surface area (Å²) in [6, 6.07) is 34.6. The van der Waals surface area contributed by atoms with Gasteiger partial charge in [-0.3, -0.25) is 0 Å². The minimum absolute atomic E-state index is 0.541. The molecule has 0 fully saturated rings. The lowest BCUT2D eigenvalue weighted by Gasteiger charge is -2.43. The molecule has 1 aromatic heterocycles. The SMILES string of the molecule is CCn1c2ccccc2c2cccc([Si]3(C(C)C)c4ccccc4Cc4ccccc43)c21. The maximum Gasteiger partial charge on any atom is 0.154 e. The van der Waals surface area contributed by atoms with Gasteiger partial charge in [-0.15, -0.1) is 0 Å². The third kappa shape index (κ3) is 2.44. The molecule has 158 valence electrons. The smallest absolute Gasteiger partial charge is 0.154 e. The minimum atomic E-state index is -2.27. The van der Waals surface area contributed by atoms with Crippen LogP contribution in [0.2, 0.25) is 5.54 Å². The number of rotatable bonds is 3. The molecule has 0 radical (unpaired) electrons. The maximum absolute atomic E-state index is 2.57. The standard InChI is InChI=1S/C30H29NSi/c1-4-31-26-16-8-7-14-24(26)25-15-11-19-29(30(25)31)32(21(2)3)27-17-9-5-12-22(27)20-23-13-6-10-18-28(23)32/h5-19,21H,4,20H2,1-3H3. The summed E-state index contributed by atoms with van der Waals surface area (Å²) in [5, 5.41) is 7.55. The fourth-order valence-electron chi connectivity index (χ4n) is 6.45. The Hall–Kier alpha value is -3.10. The first-order valence-electron chi connectivity index (χ1n) is 11.8. The summed E-state index contributed by atoms with van der Waals surface area (Å²) < 4.78 is 2.57. The monoisotopic (exact) mass is 431 g/mol. The fourth-order valence-corrected chi connectivity index (χ4v) is 12.3. The number of para-hydroxylation sites is 2. The van der Waals surface area contributed by atoms with Gasteiger partial charge in [-0.2, -0.15) is 0 Å². The van der Waals surface area contributed by atoms with Crippen LogP contribution in [0.4, 0.5) is 0 Å². The van der Waals surface area contributed by atoms with Crippen molar-refractivity contribution in [2.75, 3.05) is 0 Å². The molecule has 2 heteroatoms. The van der Waals surface area contributed by atoms with Crippen molar-refractivity contribution in [1.29, 1.82) is 0 Å². The molecule has 6 rings (SSSR count). The molecule has 0 atom stereocenters. The minimum Gasteiger partial charge on any atom is -0.341 e. The van der Waals surface area contributed by atoms with Crippen LogP contribution in [-0.2, 0) is 13.0 Å². The lowest BCUT2D eigenvalue weighted by Crippen LogP contribution is -2.72. The third-order valence-electron chi connectivity index (χ3n) is 7.66. The first kappa shape index (κ1) is 19.6. The Kier molecular flexibility index (Phi) is 4.41. The van der Waals surface area contributed by atoms with Crippen LogP contribution < -0.4 is 15.6 Å². The molecule has 0 spiro atoms. The van der Waals surface area contributed by atoms with E-state index < -0.39 is 8.07 Å². The van der Waals surface area contributed by atoms with Gasteiger partial charge < -0.3 is 4.57 Å². The molecular weight excluding hydrogens is 402 g/mol. The number of aromatic nitrogens is 1. The van der Waals surface area contributed by atoms with Gasteiger partial charge in [-0.05, 0) is 51.6 Å². The lowest BCUT2D eigenvalue weighted by atomic mass is 10.0. The van der Waals surface area contributed by atoms with E-state index in [2.05, 4.69) is 116 Å². The second-order valence-corrected chi connectivity index (χ2v) is 13.8. The van der Waals surface area contributed by atoms with Gasteiger partial charge in [0.05, 0.1) is 0 Å². The van der Waals surface area contributed by atoms with Crippen LogP contribution in [0.25, 0.3) is 21.8 Å². The zero-order valence-electron chi connectivity index (χ0n) is 19.1. The third-order valence-corrected chi connectivity index (χ3v) is 13.3. The van der Waals surface area contributed by atoms with Gasteiger partial charge in [-0.1, -0.05) is 98.8 Å². The van der Waals surface area contributed by atoms with E-state index >= 15 is 0 Å². The van der Waals surface area contributed by atoms with Crippen molar-refractivity contribution >= 4 is 45.4 Å². The van der Waals surface area contributed by atoms with Crippen molar-refractivity contribution in [3.8, 4) is 0 Å². The molecule has 0 unspecified atom stereocenters. The van der Waals surface area contributed by atoms with E-state index in [1.54, 1.807) is 15.6 Å². The molecule has 2 heterocycles. The summed E-state index contributed by atoms with van der Waals surface area (Å²) in [5.74, 6) is 0. The molecule has 0 aliphatic carbocycles. The quantitative estimate of drug-likeness (QED) is 0.328. The Balaban J connectivity index is 1.84. The summed E-state index contributed by atoms with van der Waals surface area (Å²) in [7, 11) is -2.27. The normalized spacial score (nSPS) is 14.6. The van der Waals surface area contributed by atoms with Gasteiger partial charge in [0.15, 0.2) is 8.07 Å². The summed E-state index contributed by atoms with van der Waals surface area (Å²) >= 11 is 0. The summed E-state index contributed by atoms with van der Waals surface area (Å²) in [5.41, 5.74) is 6.37. The Morgan fingerprint density at radius 2 is 1.25 bits per heavy atom. The van der Waals surface area contributed by atoms with E-state index in [-0.39, 0.29) is 0 Å². The highest BCUT2D eigenvalue weighted by atomic mass is 28.3. The summed E-state index contributed by atoms with van der Waals surface area (Å²) in [4.78, 5) is 0. The van der Waals surface area contributed by atoms with Crippen LogP contribution in [0.3, 0.4) is 0 Å². The van der Waals surface area contributed by atoms with Crippen LogP contribution in [-0.4, -0.2) is 12.6 Å². The van der Waals surface area contributed by atoms with Gasteiger partial charge in [0, 0.05) is 28.4 Å². The molecule has 1 nitrogen and oxygen atoms in total. The molecule has 0 saturated heterocycles. The van der Waals surface area contributed by atoms with Crippen molar-refractivity contribution in [2.45, 2.75) is 39.3 Å². The van der Waals surface area contributed by atoms with Crippen molar-refractivity contribution in [2.24, 2.45) is 0 Å². The Morgan fingerprint density at radius 1 is 0.688 bits per heavy atom. The van der Waals surface area contributed by atoms with Crippen molar-refractivity contribution in [3.05, 3.63) is 102 Å². The molecule has 0 bridgehead atoms. The number of aryl methyl sites for hydroxylation is 1. The van der Waals surface area contributed by atoms with Gasteiger partial charge in [0.2, 0.25) is 0 Å². The first-order valence-corrected chi connectivity index (χ1v) is 13.9. The van der Waals surface area contributed by atoms with Crippen molar-refractivity contribution in [3.63, 3.8) is 0 Å². The Bertz CT molecular complexity index is 1430. The lowest BCUT2D eigenvalue weighted by molar-refractivity contribution is 0.828. The van der Waals surface area contributed by atoms with E-state index in [4.69, 9.17) is 0 Å². The highest BCUT2D eigenvalue weighted by Gasteiger charge is 2.48. The van der Waals surface area contributed by atoms with Crippen LogP contribution in [0.15, 0.2) is 91.0 Å². The molecule has 0 N–H and O–H groups in total. The highest BCUT2D eigenvalue weighted by Crippen LogP contribution is 2.34. The zero-order valence-corrected chi connectivity index (χ0v) is 20.1. The van der Waals surface area contributed by atoms with E-state index in [0.717, 1.165) is 13.0 Å². The van der Waals surface area contributed by atoms with E-state index in [9.17, 15) is 0 Å². The topological polar surface area (TPSA) is 4.93 Å². The van der Waals surface area contributed by atoms with E-state index in [0.29, 0.717) is 5.54 Å². The van der Waals surface area contributed by atoms with Gasteiger partial charge in [-0.25, -0.2) is 0 Å². The molecule has 0 saturated carbocycles. The average Bonchev–Trinajstić information content (AvgIpc) is 3.16. The van der Waals surface area contributed by atoms with E-state index in [1.807, 2.05) is 0 Å². The molecule has 0 amide bonds. The Morgan fingerprint density at radius 3 is 1.91 bits per heavy atom. The van der Waals surface area contributed by atoms with Gasteiger partial charge >= 0.3 is 0 Å². The predicted molar refractivity (Wildman–Crippen MR) is 141 cm³/mol. The number of benzene rings is 4. The molecule has 1 aliphatic rings. The largest absolute Gasteiger partial charge is 0.341 e. The van der Waals surface area contributed by atoms with Crippen LogP contribution in [0.5, 0.6) is 0 Å². The number of hydrogen-bond acceptors (Lipinski definition) is 0. The highest BCUT2D eigenvalue weighted by molar-refractivity contribution is 7.14. The average molecular weight is 432 g/mol. The number of hydrogen-bond donors (Lipinski definition) is 0. The maximum atomic E-state index is 2.57. The van der Waals surface area contributed by atoms with Crippen molar-refractivity contribution in [1.82, 2.24) is 4.57 Å². The predicted octanol–water partition coefficient (Wildman–Crippen LogP) is 5.60. The molecule has 1 aliphatic heterocycles. The molecular formula is C30H29NSi. The first-order chi connectivity index (χ1) is 15.7. The molecule has 5 aromatic rings. The van der Waals surface area contributed by atoms with Gasteiger partial charge in [0.1, 0.15) is 0 Å². The summed E-state index contributed by atoms with van der Waals surface area (Å²) in [6.45, 7) is 8.19. The number of nitrogens with zero attached hydrogens (tertiary/aromatic N) is 1. The fraction of sp³-hybridized carbons (Fsp3) is 0.200. The van der Waals surface area contributed by atoms with Crippen molar-refractivity contribution < 1.29 is 0 Å². The second kappa shape index (κ2) is 7.21. The zero-order chi connectivity index (χ0) is 21.9. The van der Waals surface area contributed by atoms with Crippen LogP contribution in [0, 0.1) is 0 Å². The van der Waals surface area contributed by atoms with Crippen LogP contribution in [0.1, 0.15) is 31.9 Å². The van der Waals surface area contributed by atoms with E-state index in [1.165, 1.54) is 32.9 Å². The summed E-state index contributed by atoms with van der Waals surface area (Å²) in [6.07, 6.45) is 1.04. The Labute approximate surface area is 191 Å². The second-order valence-electron chi connectivity index (χ2n) is 9.42. The van der Waals surface area contributed by atoms with Gasteiger partial charge in [0.25, 0.3) is 0 Å². The number of fused-ring (bicyclic) bond motifs is 5. The molecule has 32 heavy (non-hydrogen) atoms.